The topological polar surface area (TPSA) is 71.5 Å². The second-order valence-corrected chi connectivity index (χ2v) is 3.97. The van der Waals surface area contributed by atoms with Gasteiger partial charge >= 0.3 is 6.61 Å². The van der Waals surface area contributed by atoms with E-state index in [2.05, 4.69) is 9.72 Å². The molecule has 0 aliphatic heterocycles. The monoisotopic (exact) mass is 316 g/mol. The SMILES string of the molecule is O=C(Nc1ncccc1O)c1c(F)cc(OC(F)F)cc1F. The molecule has 0 spiro atoms. The molecule has 22 heavy (non-hydrogen) atoms. The third kappa shape index (κ3) is 3.43. The Morgan fingerprint density at radius 1 is 1.27 bits per heavy atom. The summed E-state index contributed by atoms with van der Waals surface area (Å²) in [6, 6.07) is 3.47. The molecule has 0 bridgehead atoms. The smallest absolute Gasteiger partial charge is 0.387 e. The zero-order valence-corrected chi connectivity index (χ0v) is 10.7. The van der Waals surface area contributed by atoms with Crippen LogP contribution in [0.1, 0.15) is 10.4 Å². The van der Waals surface area contributed by atoms with Crippen molar-refractivity contribution in [2.24, 2.45) is 0 Å². The maximum absolute atomic E-state index is 13.7. The quantitative estimate of drug-likeness (QED) is 0.851. The van der Waals surface area contributed by atoms with Crippen LogP contribution in [0.2, 0.25) is 0 Å². The molecular weight excluding hydrogens is 308 g/mol. The van der Waals surface area contributed by atoms with Gasteiger partial charge in [-0.05, 0) is 12.1 Å². The molecule has 0 radical (unpaired) electrons. The number of nitrogens with one attached hydrogen (secondary N) is 1. The van der Waals surface area contributed by atoms with Crippen molar-refractivity contribution in [1.82, 2.24) is 4.98 Å². The number of amides is 1. The minimum absolute atomic E-state index is 0.306. The molecule has 1 heterocycles. The van der Waals surface area contributed by atoms with Gasteiger partial charge in [0.1, 0.15) is 22.9 Å². The number of carbonyl (C=O) groups excluding carboxylic acids is 1. The maximum Gasteiger partial charge on any atom is 0.387 e. The third-order valence-corrected chi connectivity index (χ3v) is 2.49. The van der Waals surface area contributed by atoms with Gasteiger partial charge < -0.3 is 15.2 Å². The number of halogens is 4. The molecule has 9 heteroatoms. The van der Waals surface area contributed by atoms with E-state index in [4.69, 9.17) is 0 Å². The van der Waals surface area contributed by atoms with Crippen molar-refractivity contribution in [2.75, 3.05) is 5.32 Å². The maximum atomic E-state index is 13.7. The van der Waals surface area contributed by atoms with Crippen molar-refractivity contribution in [3.63, 3.8) is 0 Å². The lowest BCUT2D eigenvalue weighted by Gasteiger charge is -2.10. The molecule has 0 saturated carbocycles. The van der Waals surface area contributed by atoms with Crippen molar-refractivity contribution in [2.45, 2.75) is 6.61 Å². The number of carbonyl (C=O) groups is 1. The highest BCUT2D eigenvalue weighted by Crippen LogP contribution is 2.24. The number of rotatable bonds is 4. The van der Waals surface area contributed by atoms with E-state index in [0.717, 1.165) is 0 Å². The van der Waals surface area contributed by atoms with Crippen LogP contribution < -0.4 is 10.1 Å². The summed E-state index contributed by atoms with van der Waals surface area (Å²) in [5.74, 6) is -5.52. The van der Waals surface area contributed by atoms with E-state index in [9.17, 15) is 27.5 Å². The van der Waals surface area contributed by atoms with Gasteiger partial charge in [0.15, 0.2) is 11.6 Å². The molecule has 2 rings (SSSR count). The fourth-order valence-electron chi connectivity index (χ4n) is 1.60. The number of benzene rings is 1. The fourth-order valence-corrected chi connectivity index (χ4v) is 1.60. The zero-order chi connectivity index (χ0) is 16.3. The summed E-state index contributed by atoms with van der Waals surface area (Å²) in [5.41, 5.74) is -1.02. The van der Waals surface area contributed by atoms with Gasteiger partial charge in [-0.2, -0.15) is 8.78 Å². The normalized spacial score (nSPS) is 10.6. The summed E-state index contributed by atoms with van der Waals surface area (Å²) in [6.07, 6.45) is 1.24. The van der Waals surface area contributed by atoms with Crippen LogP contribution in [0.15, 0.2) is 30.5 Å². The van der Waals surface area contributed by atoms with E-state index in [-0.39, 0.29) is 5.82 Å². The van der Waals surface area contributed by atoms with Crippen molar-refractivity contribution in [3.05, 3.63) is 47.7 Å². The Balaban J connectivity index is 2.28. The van der Waals surface area contributed by atoms with Gasteiger partial charge in [-0.25, -0.2) is 13.8 Å². The van der Waals surface area contributed by atoms with Crippen LogP contribution in [-0.4, -0.2) is 22.6 Å². The molecule has 0 aliphatic rings. The minimum Gasteiger partial charge on any atom is -0.504 e. The number of hydrogen-bond acceptors (Lipinski definition) is 4. The third-order valence-electron chi connectivity index (χ3n) is 2.49. The van der Waals surface area contributed by atoms with Crippen molar-refractivity contribution in [3.8, 4) is 11.5 Å². The van der Waals surface area contributed by atoms with E-state index < -0.39 is 41.2 Å². The first kappa shape index (κ1) is 15.5. The van der Waals surface area contributed by atoms with E-state index in [1.165, 1.54) is 18.3 Å². The zero-order valence-electron chi connectivity index (χ0n) is 10.7. The molecule has 1 amide bonds. The van der Waals surface area contributed by atoms with E-state index >= 15 is 0 Å². The first-order valence-corrected chi connectivity index (χ1v) is 5.77. The molecule has 5 nitrogen and oxygen atoms in total. The highest BCUT2D eigenvalue weighted by atomic mass is 19.3. The minimum atomic E-state index is -3.26. The predicted molar refractivity (Wildman–Crippen MR) is 66.8 cm³/mol. The Hall–Kier alpha value is -2.84. The molecule has 2 aromatic rings. The summed E-state index contributed by atoms with van der Waals surface area (Å²) in [5, 5.41) is 11.4. The van der Waals surface area contributed by atoms with Crippen LogP contribution in [0.3, 0.4) is 0 Å². The Morgan fingerprint density at radius 2 is 1.91 bits per heavy atom. The Morgan fingerprint density at radius 3 is 2.45 bits per heavy atom. The molecule has 1 aromatic carbocycles. The van der Waals surface area contributed by atoms with E-state index in [1.807, 2.05) is 5.32 Å². The molecule has 0 atom stereocenters. The highest BCUT2D eigenvalue weighted by Gasteiger charge is 2.21. The second-order valence-electron chi connectivity index (χ2n) is 3.97. The highest BCUT2D eigenvalue weighted by molar-refractivity contribution is 6.04. The standard InChI is InChI=1S/C13H8F4N2O3/c14-7-4-6(22-13(16)17)5-8(15)10(7)12(21)19-11-9(20)2-1-3-18-11/h1-5,13,20H,(H,18,19,21). The van der Waals surface area contributed by atoms with Crippen LogP contribution in [0, 0.1) is 11.6 Å². The molecule has 0 unspecified atom stereocenters. The molecule has 0 aliphatic carbocycles. The van der Waals surface area contributed by atoms with Gasteiger partial charge in [-0.15, -0.1) is 0 Å². The molecule has 1 aromatic heterocycles. The first-order valence-electron chi connectivity index (χ1n) is 5.77. The average Bonchev–Trinajstić information content (AvgIpc) is 2.39. The summed E-state index contributed by atoms with van der Waals surface area (Å²) < 4.78 is 55.2. The van der Waals surface area contributed by atoms with Crippen LogP contribution in [0.25, 0.3) is 0 Å². The summed E-state index contributed by atoms with van der Waals surface area (Å²) >= 11 is 0. The summed E-state index contributed by atoms with van der Waals surface area (Å²) in [6.45, 7) is -3.26. The largest absolute Gasteiger partial charge is 0.504 e. The van der Waals surface area contributed by atoms with Crippen molar-refractivity contribution < 1.29 is 32.2 Å². The number of ether oxygens (including phenoxy) is 1. The van der Waals surface area contributed by atoms with Crippen LogP contribution in [0.4, 0.5) is 23.4 Å². The number of nitrogens with zero attached hydrogens (tertiary/aromatic N) is 1. The fraction of sp³-hybridized carbons (Fsp3) is 0.0769. The van der Waals surface area contributed by atoms with Crippen LogP contribution >= 0.6 is 0 Å². The van der Waals surface area contributed by atoms with Gasteiger partial charge in [0, 0.05) is 18.3 Å². The molecule has 0 fully saturated rings. The number of pyridine rings is 1. The molecule has 2 N–H and O–H groups in total. The van der Waals surface area contributed by atoms with Crippen molar-refractivity contribution >= 4 is 11.7 Å². The number of aromatic nitrogens is 1. The molecule has 0 saturated heterocycles. The number of aromatic hydroxyl groups is 1. The number of anilines is 1. The predicted octanol–water partition coefficient (Wildman–Crippen LogP) is 2.92. The van der Waals surface area contributed by atoms with Crippen molar-refractivity contribution in [1.29, 1.82) is 0 Å². The lowest BCUT2D eigenvalue weighted by atomic mass is 10.1. The van der Waals surface area contributed by atoms with Gasteiger partial charge in [-0.1, -0.05) is 0 Å². The molecular formula is C13H8F4N2O3. The van der Waals surface area contributed by atoms with Crippen LogP contribution in [0.5, 0.6) is 11.5 Å². The summed E-state index contributed by atoms with van der Waals surface area (Å²) in [7, 11) is 0. The van der Waals surface area contributed by atoms with E-state index in [1.54, 1.807) is 0 Å². The number of alkyl halides is 2. The van der Waals surface area contributed by atoms with Crippen LogP contribution in [-0.2, 0) is 0 Å². The van der Waals surface area contributed by atoms with Gasteiger partial charge in [-0.3, -0.25) is 4.79 Å². The number of hydrogen-bond donors (Lipinski definition) is 2. The average molecular weight is 316 g/mol. The van der Waals surface area contributed by atoms with Gasteiger partial charge in [0.25, 0.3) is 5.91 Å². The second kappa shape index (κ2) is 6.29. The Kier molecular flexibility index (Phi) is 4.44. The first-order chi connectivity index (χ1) is 10.4. The molecule has 116 valence electrons. The van der Waals surface area contributed by atoms with Gasteiger partial charge in [0.05, 0.1) is 0 Å². The Bertz CT molecular complexity index is 686. The lowest BCUT2D eigenvalue weighted by Crippen LogP contribution is -2.17. The van der Waals surface area contributed by atoms with E-state index in [0.29, 0.717) is 12.1 Å². The summed E-state index contributed by atoms with van der Waals surface area (Å²) in [4.78, 5) is 15.4. The Labute approximate surface area is 121 Å². The van der Waals surface area contributed by atoms with Gasteiger partial charge in [0.2, 0.25) is 0 Å². The lowest BCUT2D eigenvalue weighted by molar-refractivity contribution is -0.0501.